The number of nitrogens with zero attached hydrogens (tertiary/aromatic N) is 2. The first-order valence-corrected chi connectivity index (χ1v) is 7.79. The van der Waals surface area contributed by atoms with Crippen molar-refractivity contribution in [2.75, 3.05) is 6.54 Å². The van der Waals surface area contributed by atoms with Crippen LogP contribution in [0, 0.1) is 6.92 Å². The Bertz CT molecular complexity index is 744. The van der Waals surface area contributed by atoms with Crippen LogP contribution in [0.15, 0.2) is 24.3 Å². The maximum Gasteiger partial charge on any atom is 0.435 e. The SMILES string of the molecule is Cc1cc(C(F)(F)F)nn1CCCNC(=O)c1ccc(Cl)cc1Cl. The minimum Gasteiger partial charge on any atom is -0.352 e. The number of carbonyl (C=O) groups is 1. The Morgan fingerprint density at radius 2 is 2.00 bits per heavy atom. The Hall–Kier alpha value is -1.73. The molecule has 0 spiro atoms. The lowest BCUT2D eigenvalue weighted by Gasteiger charge is -2.08. The Morgan fingerprint density at radius 1 is 1.29 bits per heavy atom. The van der Waals surface area contributed by atoms with Gasteiger partial charge >= 0.3 is 6.18 Å². The lowest BCUT2D eigenvalue weighted by molar-refractivity contribution is -0.141. The van der Waals surface area contributed by atoms with Crippen molar-refractivity contribution in [3.05, 3.63) is 51.3 Å². The van der Waals surface area contributed by atoms with Gasteiger partial charge < -0.3 is 5.32 Å². The minimum absolute atomic E-state index is 0.234. The zero-order valence-corrected chi connectivity index (χ0v) is 14.1. The number of carbonyl (C=O) groups excluding carboxylic acids is 1. The zero-order valence-electron chi connectivity index (χ0n) is 12.6. The normalized spacial score (nSPS) is 11.6. The third-order valence-electron chi connectivity index (χ3n) is 3.28. The van der Waals surface area contributed by atoms with E-state index in [2.05, 4.69) is 10.4 Å². The van der Waals surface area contributed by atoms with Crippen molar-refractivity contribution < 1.29 is 18.0 Å². The lowest BCUT2D eigenvalue weighted by Crippen LogP contribution is -2.25. The van der Waals surface area contributed by atoms with Gasteiger partial charge in [-0.25, -0.2) is 0 Å². The highest BCUT2D eigenvalue weighted by atomic mass is 35.5. The summed E-state index contributed by atoms with van der Waals surface area (Å²) in [7, 11) is 0. The first-order valence-electron chi connectivity index (χ1n) is 7.03. The van der Waals surface area contributed by atoms with Gasteiger partial charge in [0.05, 0.1) is 10.6 Å². The van der Waals surface area contributed by atoms with Crippen LogP contribution >= 0.6 is 23.2 Å². The Morgan fingerprint density at radius 3 is 2.58 bits per heavy atom. The van der Waals surface area contributed by atoms with Crippen molar-refractivity contribution in [1.29, 1.82) is 0 Å². The Balaban J connectivity index is 1.87. The van der Waals surface area contributed by atoms with E-state index in [1.54, 1.807) is 13.0 Å². The number of nitrogens with one attached hydrogen (secondary N) is 1. The van der Waals surface area contributed by atoms with Crippen molar-refractivity contribution in [1.82, 2.24) is 15.1 Å². The van der Waals surface area contributed by atoms with E-state index in [9.17, 15) is 18.0 Å². The standard InChI is InChI=1S/C15H14Cl2F3N3O/c1-9-7-13(15(18,19)20)22-23(9)6-2-5-21-14(24)11-4-3-10(16)8-12(11)17/h3-4,7-8H,2,5-6H2,1H3,(H,21,24). The lowest BCUT2D eigenvalue weighted by atomic mass is 10.2. The van der Waals surface area contributed by atoms with Gasteiger partial charge in [-0.1, -0.05) is 23.2 Å². The number of hydrogen-bond donors (Lipinski definition) is 1. The summed E-state index contributed by atoms with van der Waals surface area (Å²) in [5, 5.41) is 6.84. The average Bonchev–Trinajstić information content (AvgIpc) is 2.85. The predicted octanol–water partition coefficient (Wildman–Crippen LogP) is 4.34. The quantitative estimate of drug-likeness (QED) is 0.785. The fourth-order valence-corrected chi connectivity index (χ4v) is 2.57. The molecule has 0 radical (unpaired) electrons. The molecule has 0 saturated carbocycles. The Labute approximate surface area is 146 Å². The molecule has 24 heavy (non-hydrogen) atoms. The second-order valence-electron chi connectivity index (χ2n) is 5.13. The second-order valence-corrected chi connectivity index (χ2v) is 5.97. The van der Waals surface area contributed by atoms with Crippen LogP contribution in [-0.4, -0.2) is 22.2 Å². The fraction of sp³-hybridized carbons (Fsp3) is 0.333. The van der Waals surface area contributed by atoms with Crippen molar-refractivity contribution in [2.24, 2.45) is 0 Å². The van der Waals surface area contributed by atoms with Crippen molar-refractivity contribution in [3.8, 4) is 0 Å². The summed E-state index contributed by atoms with van der Waals surface area (Å²) in [6.07, 6.45) is -4.04. The molecule has 2 rings (SSSR count). The summed E-state index contributed by atoms with van der Waals surface area (Å²) in [5.41, 5.74) is -0.220. The van der Waals surface area contributed by atoms with E-state index in [0.717, 1.165) is 6.07 Å². The van der Waals surface area contributed by atoms with Crippen LogP contribution in [0.25, 0.3) is 0 Å². The van der Waals surface area contributed by atoms with E-state index < -0.39 is 11.9 Å². The molecule has 0 aliphatic carbocycles. The molecule has 130 valence electrons. The van der Waals surface area contributed by atoms with Crippen LogP contribution in [-0.2, 0) is 12.7 Å². The van der Waals surface area contributed by atoms with Crippen LogP contribution < -0.4 is 5.32 Å². The highest BCUT2D eigenvalue weighted by Gasteiger charge is 2.34. The van der Waals surface area contributed by atoms with Crippen LogP contribution in [0.1, 0.15) is 28.2 Å². The minimum atomic E-state index is -4.46. The largest absolute Gasteiger partial charge is 0.435 e. The molecule has 9 heteroatoms. The molecule has 1 amide bonds. The van der Waals surface area contributed by atoms with Crippen LogP contribution in [0.5, 0.6) is 0 Å². The summed E-state index contributed by atoms with van der Waals surface area (Å²) in [5.74, 6) is -0.371. The third kappa shape index (κ3) is 4.64. The molecule has 2 aromatic rings. The highest BCUT2D eigenvalue weighted by Crippen LogP contribution is 2.28. The molecule has 4 nitrogen and oxygen atoms in total. The predicted molar refractivity (Wildman–Crippen MR) is 85.4 cm³/mol. The molecule has 1 aromatic carbocycles. The Kier molecular flexibility index (Phi) is 5.77. The number of rotatable bonds is 5. The van der Waals surface area contributed by atoms with Crippen molar-refractivity contribution >= 4 is 29.1 Å². The van der Waals surface area contributed by atoms with E-state index in [0.29, 0.717) is 17.1 Å². The first-order chi connectivity index (χ1) is 11.2. The van der Waals surface area contributed by atoms with E-state index in [1.165, 1.54) is 16.8 Å². The highest BCUT2D eigenvalue weighted by molar-refractivity contribution is 6.36. The summed E-state index contributed by atoms with van der Waals surface area (Å²) in [6, 6.07) is 5.51. The molecule has 0 unspecified atom stereocenters. The molecular weight excluding hydrogens is 366 g/mol. The molecular formula is C15H14Cl2F3N3O. The van der Waals surface area contributed by atoms with E-state index in [1.807, 2.05) is 0 Å². The second kappa shape index (κ2) is 7.44. The number of aromatic nitrogens is 2. The van der Waals surface area contributed by atoms with Gasteiger partial charge in [-0.05, 0) is 37.6 Å². The molecule has 0 bridgehead atoms. The molecule has 0 aliphatic heterocycles. The molecule has 0 aliphatic rings. The monoisotopic (exact) mass is 379 g/mol. The van der Waals surface area contributed by atoms with Crippen molar-refractivity contribution in [2.45, 2.75) is 26.1 Å². The first kappa shape index (κ1) is 18.6. The summed E-state index contributed by atoms with van der Waals surface area (Å²) < 4.78 is 39.0. The van der Waals surface area contributed by atoms with E-state index in [4.69, 9.17) is 23.2 Å². The molecule has 0 saturated heterocycles. The number of alkyl halides is 3. The van der Waals surface area contributed by atoms with Crippen molar-refractivity contribution in [3.63, 3.8) is 0 Å². The van der Waals surface area contributed by atoms with Gasteiger partial charge in [0.1, 0.15) is 0 Å². The number of amides is 1. The van der Waals surface area contributed by atoms with Gasteiger partial charge in [0.15, 0.2) is 5.69 Å². The molecule has 1 aromatic heterocycles. The van der Waals surface area contributed by atoms with Crippen LogP contribution in [0.3, 0.4) is 0 Å². The number of halogens is 5. The number of hydrogen-bond acceptors (Lipinski definition) is 2. The van der Waals surface area contributed by atoms with Gasteiger partial charge in [-0.15, -0.1) is 0 Å². The maximum absolute atomic E-state index is 12.6. The third-order valence-corrected chi connectivity index (χ3v) is 3.83. The maximum atomic E-state index is 12.6. The zero-order chi connectivity index (χ0) is 17.9. The smallest absolute Gasteiger partial charge is 0.352 e. The average molecular weight is 380 g/mol. The number of aryl methyl sites for hydroxylation is 2. The summed E-state index contributed by atoms with van der Waals surface area (Å²) in [6.45, 7) is 2.09. The van der Waals surface area contributed by atoms with Crippen LogP contribution in [0.4, 0.5) is 13.2 Å². The van der Waals surface area contributed by atoms with Gasteiger partial charge in [0.25, 0.3) is 5.91 Å². The number of benzene rings is 1. The molecule has 1 heterocycles. The van der Waals surface area contributed by atoms with E-state index in [-0.39, 0.29) is 29.6 Å². The van der Waals surface area contributed by atoms with Gasteiger partial charge in [-0.2, -0.15) is 18.3 Å². The fourth-order valence-electron chi connectivity index (χ4n) is 2.07. The van der Waals surface area contributed by atoms with Gasteiger partial charge in [0.2, 0.25) is 0 Å². The van der Waals surface area contributed by atoms with E-state index >= 15 is 0 Å². The van der Waals surface area contributed by atoms with Gasteiger partial charge in [-0.3, -0.25) is 9.48 Å². The summed E-state index contributed by atoms with van der Waals surface area (Å²) in [4.78, 5) is 12.0. The van der Waals surface area contributed by atoms with Gasteiger partial charge in [0, 0.05) is 23.8 Å². The molecule has 0 fully saturated rings. The topological polar surface area (TPSA) is 46.9 Å². The summed E-state index contributed by atoms with van der Waals surface area (Å²) >= 11 is 11.7. The van der Waals surface area contributed by atoms with Crippen LogP contribution in [0.2, 0.25) is 10.0 Å². The molecule has 0 atom stereocenters. The molecule has 1 N–H and O–H groups in total.